The normalized spacial score (nSPS) is 19.8. The molecule has 0 fully saturated rings. The minimum Gasteiger partial charge on any atom is -0.442 e. The highest BCUT2D eigenvalue weighted by Gasteiger charge is 2.66. The number of carbonyl (C=O) groups is 2. The van der Waals surface area contributed by atoms with Gasteiger partial charge < -0.3 is 14.4 Å². The highest BCUT2D eigenvalue weighted by Crippen LogP contribution is 2.52. The van der Waals surface area contributed by atoms with E-state index in [0.717, 1.165) is 17.7 Å². The highest BCUT2D eigenvalue weighted by atomic mass is 35.5. The van der Waals surface area contributed by atoms with Gasteiger partial charge in [-0.05, 0) is 67.3 Å². The topological polar surface area (TPSA) is 71.4 Å². The fraction of sp³-hybridized carbons (Fsp3) is 0.464. The number of carbonyl (C=O) groups excluding carboxylic acids is 2. The van der Waals surface area contributed by atoms with Crippen LogP contribution in [0.3, 0.4) is 0 Å². The maximum absolute atomic E-state index is 15.1. The van der Waals surface area contributed by atoms with Gasteiger partial charge in [0.1, 0.15) is 12.3 Å². The van der Waals surface area contributed by atoms with E-state index in [4.69, 9.17) is 32.7 Å². The Labute approximate surface area is 240 Å². The molecule has 40 heavy (non-hydrogen) atoms. The number of rotatable bonds is 3. The predicted octanol–water partition coefficient (Wildman–Crippen LogP) is 7.27. The van der Waals surface area contributed by atoms with Crippen molar-refractivity contribution in [1.29, 1.82) is 0 Å². The summed E-state index contributed by atoms with van der Waals surface area (Å²) in [6.45, 7) is 8.81. The SMILES string of the molecule is CC(C)C(=O)N1COCc2cc(C3=NN(C(=O)OC(C)(C)C)C(c4cc(Cl)cc(Cl)c4)(C(F)(F)F)C3)ccc2C1. The summed E-state index contributed by atoms with van der Waals surface area (Å²) in [4.78, 5) is 27.4. The molecule has 2 aromatic rings. The molecular formula is C28H30Cl2F3N3O4. The molecule has 0 bridgehead atoms. The number of amides is 2. The number of nitrogens with zero attached hydrogens (tertiary/aromatic N) is 3. The van der Waals surface area contributed by atoms with Gasteiger partial charge >= 0.3 is 12.3 Å². The first kappa shape index (κ1) is 30.1. The smallest absolute Gasteiger partial charge is 0.432 e. The molecule has 0 aromatic heterocycles. The van der Waals surface area contributed by atoms with Crippen molar-refractivity contribution >= 4 is 40.9 Å². The van der Waals surface area contributed by atoms with Crippen molar-refractivity contribution < 1.29 is 32.2 Å². The first-order valence-electron chi connectivity index (χ1n) is 12.6. The van der Waals surface area contributed by atoms with Gasteiger partial charge in [-0.2, -0.15) is 23.3 Å². The minimum absolute atomic E-state index is 0.0152. The van der Waals surface area contributed by atoms with Crippen molar-refractivity contribution in [1.82, 2.24) is 9.91 Å². The van der Waals surface area contributed by atoms with Crippen molar-refractivity contribution in [2.24, 2.45) is 11.0 Å². The van der Waals surface area contributed by atoms with Gasteiger partial charge in [-0.1, -0.05) is 49.2 Å². The quantitative estimate of drug-likeness (QED) is 0.372. The number of hydrogen-bond acceptors (Lipinski definition) is 5. The van der Waals surface area contributed by atoms with Crippen LogP contribution in [-0.2, 0) is 33.0 Å². The summed E-state index contributed by atoms with van der Waals surface area (Å²) in [5, 5.41) is 4.51. The van der Waals surface area contributed by atoms with E-state index in [1.807, 2.05) is 0 Å². The zero-order valence-electron chi connectivity index (χ0n) is 22.7. The zero-order valence-corrected chi connectivity index (χ0v) is 24.2. The van der Waals surface area contributed by atoms with Crippen molar-refractivity contribution in [3.05, 3.63) is 68.7 Å². The second-order valence-electron chi connectivity index (χ2n) is 11.2. The van der Waals surface area contributed by atoms with E-state index >= 15 is 13.2 Å². The Morgan fingerprint density at radius 3 is 2.27 bits per heavy atom. The summed E-state index contributed by atoms with van der Waals surface area (Å²) >= 11 is 12.2. The van der Waals surface area contributed by atoms with Crippen LogP contribution in [0.15, 0.2) is 41.5 Å². The summed E-state index contributed by atoms with van der Waals surface area (Å²) in [5.74, 6) is -0.285. The first-order valence-corrected chi connectivity index (χ1v) is 13.4. The molecule has 2 amide bonds. The Morgan fingerprint density at radius 2 is 1.70 bits per heavy atom. The van der Waals surface area contributed by atoms with Crippen LogP contribution in [0.5, 0.6) is 0 Å². The Hall–Kier alpha value is -2.82. The van der Waals surface area contributed by atoms with Crippen molar-refractivity contribution in [2.45, 2.75) is 71.5 Å². The Balaban J connectivity index is 1.81. The van der Waals surface area contributed by atoms with Gasteiger partial charge in [0.15, 0.2) is 5.54 Å². The van der Waals surface area contributed by atoms with Crippen LogP contribution in [0.25, 0.3) is 0 Å². The average Bonchev–Trinajstić information content (AvgIpc) is 3.13. The average molecular weight is 600 g/mol. The molecule has 2 aromatic carbocycles. The summed E-state index contributed by atoms with van der Waals surface area (Å²) < 4.78 is 56.5. The minimum atomic E-state index is -4.99. The molecular weight excluding hydrogens is 570 g/mol. The van der Waals surface area contributed by atoms with Gasteiger partial charge in [0.25, 0.3) is 0 Å². The third-order valence-electron chi connectivity index (χ3n) is 6.59. The lowest BCUT2D eigenvalue weighted by atomic mass is 9.83. The van der Waals surface area contributed by atoms with Crippen molar-refractivity contribution in [3.63, 3.8) is 0 Å². The first-order chi connectivity index (χ1) is 18.5. The molecule has 0 radical (unpaired) electrons. The number of hydrazone groups is 1. The molecule has 0 spiro atoms. The molecule has 2 aliphatic heterocycles. The lowest BCUT2D eigenvalue weighted by molar-refractivity contribution is -0.226. The summed E-state index contributed by atoms with van der Waals surface area (Å²) in [6.07, 6.45) is -6.96. The molecule has 12 heteroatoms. The molecule has 2 aliphatic rings. The van der Waals surface area contributed by atoms with Crippen LogP contribution in [0, 0.1) is 5.92 Å². The second kappa shape index (κ2) is 10.9. The number of ether oxygens (including phenoxy) is 2. The Kier molecular flexibility index (Phi) is 8.19. The lowest BCUT2D eigenvalue weighted by Crippen LogP contribution is -2.55. The van der Waals surface area contributed by atoms with Crippen LogP contribution in [0.4, 0.5) is 18.0 Å². The molecule has 2 heterocycles. The van der Waals surface area contributed by atoms with Crippen LogP contribution in [0.1, 0.15) is 63.3 Å². The molecule has 0 aliphatic carbocycles. The van der Waals surface area contributed by atoms with Gasteiger partial charge in [-0.25, -0.2) is 4.79 Å². The lowest BCUT2D eigenvalue weighted by Gasteiger charge is -2.38. The summed E-state index contributed by atoms with van der Waals surface area (Å²) in [5.41, 5.74) is -2.45. The molecule has 0 N–H and O–H groups in total. The Morgan fingerprint density at radius 1 is 1.05 bits per heavy atom. The maximum atomic E-state index is 15.1. The summed E-state index contributed by atoms with van der Waals surface area (Å²) in [7, 11) is 0. The molecule has 7 nitrogen and oxygen atoms in total. The monoisotopic (exact) mass is 599 g/mol. The van der Waals surface area contributed by atoms with E-state index in [1.165, 1.54) is 6.07 Å². The van der Waals surface area contributed by atoms with E-state index in [1.54, 1.807) is 57.7 Å². The van der Waals surface area contributed by atoms with E-state index < -0.39 is 29.8 Å². The third kappa shape index (κ3) is 5.94. The molecule has 0 saturated carbocycles. The fourth-order valence-corrected chi connectivity index (χ4v) is 5.27. The zero-order chi connectivity index (χ0) is 29.6. The van der Waals surface area contributed by atoms with E-state index in [9.17, 15) is 9.59 Å². The van der Waals surface area contributed by atoms with E-state index in [2.05, 4.69) is 5.10 Å². The van der Waals surface area contributed by atoms with Crippen LogP contribution < -0.4 is 0 Å². The van der Waals surface area contributed by atoms with E-state index in [-0.39, 0.29) is 46.5 Å². The number of alkyl halides is 3. The van der Waals surface area contributed by atoms with Crippen molar-refractivity contribution in [2.75, 3.05) is 6.73 Å². The van der Waals surface area contributed by atoms with Gasteiger partial charge in [-0.15, -0.1) is 0 Å². The Bertz CT molecular complexity index is 1340. The largest absolute Gasteiger partial charge is 0.442 e. The fourth-order valence-electron chi connectivity index (χ4n) is 4.74. The molecule has 4 rings (SSSR count). The molecule has 1 atom stereocenters. The van der Waals surface area contributed by atoms with E-state index in [0.29, 0.717) is 22.7 Å². The van der Waals surface area contributed by atoms with Crippen LogP contribution in [-0.4, -0.2) is 46.1 Å². The van der Waals surface area contributed by atoms with Gasteiger partial charge in [-0.3, -0.25) is 4.79 Å². The standard InChI is InChI=1S/C28H30Cl2F3N3O4/c1-16(2)24(37)35-13-18-7-6-17(8-19(18)14-39-15-35)23-12-27(28(31,32)33,20-9-21(29)11-22(30)10-20)36(34-23)25(38)40-26(3,4)5/h6-11,16H,12-15H2,1-5H3. The van der Waals surface area contributed by atoms with Gasteiger partial charge in [0.05, 0.1) is 12.3 Å². The van der Waals surface area contributed by atoms with Crippen LogP contribution >= 0.6 is 23.2 Å². The third-order valence-corrected chi connectivity index (χ3v) is 7.03. The second-order valence-corrected chi connectivity index (χ2v) is 12.1. The van der Waals surface area contributed by atoms with Gasteiger partial charge in [0.2, 0.25) is 5.91 Å². The number of halogens is 5. The number of hydrogen-bond donors (Lipinski definition) is 0. The van der Waals surface area contributed by atoms with Crippen LogP contribution in [0.2, 0.25) is 10.0 Å². The van der Waals surface area contributed by atoms with Crippen molar-refractivity contribution in [3.8, 4) is 0 Å². The summed E-state index contributed by atoms with van der Waals surface area (Å²) in [6, 6.07) is 8.62. The molecule has 0 saturated heterocycles. The number of benzene rings is 2. The number of fused-ring (bicyclic) bond motifs is 1. The highest BCUT2D eigenvalue weighted by molar-refractivity contribution is 6.34. The van der Waals surface area contributed by atoms with Gasteiger partial charge in [0, 0.05) is 28.9 Å². The molecule has 1 unspecified atom stereocenters. The molecule has 216 valence electrons. The predicted molar refractivity (Wildman–Crippen MR) is 145 cm³/mol. The maximum Gasteiger partial charge on any atom is 0.432 e.